The van der Waals surface area contributed by atoms with Crippen LogP contribution < -0.4 is 5.32 Å². The highest BCUT2D eigenvalue weighted by Crippen LogP contribution is 2.22. The number of likely N-dealkylation sites (N-methyl/N-ethyl adjacent to an activating group) is 1. The second kappa shape index (κ2) is 6.64. The number of nitrogens with zero attached hydrogens (tertiary/aromatic N) is 2. The Bertz CT molecular complexity index is 547. The molecular formula is C14H19N3O4. The van der Waals surface area contributed by atoms with Crippen LogP contribution in [0.4, 0.5) is 5.69 Å². The van der Waals surface area contributed by atoms with E-state index in [0.717, 1.165) is 5.56 Å². The first-order valence-corrected chi connectivity index (χ1v) is 6.81. The summed E-state index contributed by atoms with van der Waals surface area (Å²) in [5.74, 6) is -0.143. The fourth-order valence-corrected chi connectivity index (χ4v) is 2.45. The Morgan fingerprint density at radius 2 is 2.33 bits per heavy atom. The third-order valence-corrected chi connectivity index (χ3v) is 3.70. The van der Waals surface area contributed by atoms with Crippen LogP contribution in [0.2, 0.25) is 0 Å². The zero-order chi connectivity index (χ0) is 15.4. The summed E-state index contributed by atoms with van der Waals surface area (Å²) in [6.45, 7) is 4.00. The van der Waals surface area contributed by atoms with Gasteiger partial charge in [-0.2, -0.15) is 0 Å². The van der Waals surface area contributed by atoms with Crippen LogP contribution in [0, 0.1) is 17.0 Å². The lowest BCUT2D eigenvalue weighted by Crippen LogP contribution is -2.48. The number of carbonyl (C=O) groups excluding carboxylic acids is 1. The summed E-state index contributed by atoms with van der Waals surface area (Å²) in [4.78, 5) is 24.3. The maximum Gasteiger partial charge on any atom is 0.272 e. The van der Waals surface area contributed by atoms with E-state index in [2.05, 4.69) is 10.2 Å². The molecule has 1 N–H and O–H groups in total. The first kappa shape index (κ1) is 15.4. The van der Waals surface area contributed by atoms with Crippen molar-refractivity contribution in [3.05, 3.63) is 39.4 Å². The van der Waals surface area contributed by atoms with Gasteiger partial charge >= 0.3 is 0 Å². The Hall–Kier alpha value is -1.99. The van der Waals surface area contributed by atoms with E-state index >= 15 is 0 Å². The number of benzene rings is 1. The summed E-state index contributed by atoms with van der Waals surface area (Å²) in [7, 11) is 1.58. The zero-order valence-corrected chi connectivity index (χ0v) is 12.2. The van der Waals surface area contributed by atoms with Crippen molar-refractivity contribution in [3.63, 3.8) is 0 Å². The number of hydrogen-bond acceptors (Lipinski definition) is 5. The van der Waals surface area contributed by atoms with Crippen molar-refractivity contribution in [1.82, 2.24) is 10.2 Å². The number of amides is 1. The first-order chi connectivity index (χ1) is 10.0. The van der Waals surface area contributed by atoms with Gasteiger partial charge in [-0.05, 0) is 12.5 Å². The number of nitro benzene ring substituents is 1. The molecule has 1 saturated heterocycles. The molecule has 7 heteroatoms. The van der Waals surface area contributed by atoms with Gasteiger partial charge in [0.25, 0.3) is 5.69 Å². The van der Waals surface area contributed by atoms with Gasteiger partial charge in [0.1, 0.15) is 6.10 Å². The Labute approximate surface area is 123 Å². The number of nitro groups is 1. The number of carbonyl (C=O) groups is 1. The van der Waals surface area contributed by atoms with Crippen LogP contribution >= 0.6 is 0 Å². The van der Waals surface area contributed by atoms with E-state index in [1.54, 1.807) is 20.0 Å². The molecular weight excluding hydrogens is 274 g/mol. The lowest BCUT2D eigenvalue weighted by Gasteiger charge is -2.32. The molecule has 1 aliphatic heterocycles. The fraction of sp³-hybridized carbons (Fsp3) is 0.500. The molecule has 1 atom stereocenters. The predicted octanol–water partition coefficient (Wildman–Crippen LogP) is 0.850. The van der Waals surface area contributed by atoms with Gasteiger partial charge < -0.3 is 10.1 Å². The average Bonchev–Trinajstić information content (AvgIpc) is 2.48. The van der Waals surface area contributed by atoms with Crippen molar-refractivity contribution in [3.8, 4) is 0 Å². The van der Waals surface area contributed by atoms with Crippen LogP contribution in [0.3, 0.4) is 0 Å². The van der Waals surface area contributed by atoms with Crippen LogP contribution in [0.15, 0.2) is 18.2 Å². The van der Waals surface area contributed by atoms with E-state index in [0.29, 0.717) is 31.8 Å². The summed E-state index contributed by atoms with van der Waals surface area (Å²) in [6.07, 6.45) is -0.484. The van der Waals surface area contributed by atoms with Gasteiger partial charge in [0.2, 0.25) is 5.91 Å². The van der Waals surface area contributed by atoms with Crippen molar-refractivity contribution in [2.24, 2.45) is 0 Å². The van der Waals surface area contributed by atoms with Gasteiger partial charge in [0, 0.05) is 38.3 Å². The van der Waals surface area contributed by atoms with E-state index in [1.807, 2.05) is 6.07 Å². The number of rotatable bonds is 4. The van der Waals surface area contributed by atoms with E-state index in [9.17, 15) is 14.9 Å². The predicted molar refractivity (Wildman–Crippen MR) is 76.9 cm³/mol. The minimum absolute atomic E-state index is 0.128. The summed E-state index contributed by atoms with van der Waals surface area (Å²) < 4.78 is 5.43. The number of ether oxygens (including phenoxy) is 1. The first-order valence-electron chi connectivity index (χ1n) is 6.81. The number of hydrogen-bond donors (Lipinski definition) is 1. The minimum atomic E-state index is -0.484. The van der Waals surface area contributed by atoms with Gasteiger partial charge in [-0.15, -0.1) is 0 Å². The molecule has 1 fully saturated rings. The Morgan fingerprint density at radius 3 is 3.00 bits per heavy atom. The SMILES string of the molecule is CNC(=O)[C@@H]1CN(Cc2cccc([N+](=O)[O-])c2C)CCO1. The molecule has 7 nitrogen and oxygen atoms in total. The van der Waals surface area contributed by atoms with Crippen LogP contribution in [-0.2, 0) is 16.1 Å². The average molecular weight is 293 g/mol. The largest absolute Gasteiger partial charge is 0.366 e. The standard InChI is InChI=1S/C14H19N3O4/c1-10-11(4-3-5-12(10)17(19)20)8-16-6-7-21-13(9-16)14(18)15-2/h3-5,13H,6-9H2,1-2H3,(H,15,18)/t13-/m0/s1. The second-order valence-electron chi connectivity index (χ2n) is 5.03. The Morgan fingerprint density at radius 1 is 1.57 bits per heavy atom. The molecule has 1 aromatic rings. The molecule has 0 bridgehead atoms. The maximum absolute atomic E-state index is 11.6. The highest BCUT2D eigenvalue weighted by Gasteiger charge is 2.26. The summed E-state index contributed by atoms with van der Waals surface area (Å²) in [5.41, 5.74) is 1.70. The van der Waals surface area contributed by atoms with E-state index in [4.69, 9.17) is 4.74 Å². The fourth-order valence-electron chi connectivity index (χ4n) is 2.45. The van der Waals surface area contributed by atoms with Gasteiger partial charge in [-0.1, -0.05) is 12.1 Å². The van der Waals surface area contributed by atoms with Gasteiger partial charge in [-0.3, -0.25) is 19.8 Å². The molecule has 1 heterocycles. The summed E-state index contributed by atoms with van der Waals surface area (Å²) >= 11 is 0. The monoisotopic (exact) mass is 293 g/mol. The molecule has 0 spiro atoms. The van der Waals surface area contributed by atoms with Gasteiger partial charge in [0.05, 0.1) is 11.5 Å². The lowest BCUT2D eigenvalue weighted by atomic mass is 10.1. The lowest BCUT2D eigenvalue weighted by molar-refractivity contribution is -0.385. The molecule has 0 unspecified atom stereocenters. The topological polar surface area (TPSA) is 84.7 Å². The van der Waals surface area contributed by atoms with Crippen molar-refractivity contribution in [2.75, 3.05) is 26.7 Å². The maximum atomic E-state index is 11.6. The quantitative estimate of drug-likeness (QED) is 0.657. The summed E-state index contributed by atoms with van der Waals surface area (Å²) in [5, 5.41) is 13.5. The van der Waals surface area contributed by atoms with E-state index < -0.39 is 6.10 Å². The smallest absolute Gasteiger partial charge is 0.272 e. The molecule has 1 aliphatic rings. The van der Waals surface area contributed by atoms with Gasteiger partial charge in [0.15, 0.2) is 0 Å². The minimum Gasteiger partial charge on any atom is -0.366 e. The van der Waals surface area contributed by atoms with Crippen LogP contribution in [0.5, 0.6) is 0 Å². The van der Waals surface area contributed by atoms with Crippen LogP contribution in [-0.4, -0.2) is 48.6 Å². The second-order valence-corrected chi connectivity index (χ2v) is 5.03. The van der Waals surface area contributed by atoms with Crippen molar-refractivity contribution < 1.29 is 14.5 Å². The molecule has 114 valence electrons. The zero-order valence-electron chi connectivity index (χ0n) is 12.2. The van der Waals surface area contributed by atoms with Crippen molar-refractivity contribution in [1.29, 1.82) is 0 Å². The normalized spacial score (nSPS) is 19.2. The Balaban J connectivity index is 2.09. The molecule has 0 aliphatic carbocycles. The van der Waals surface area contributed by atoms with Gasteiger partial charge in [-0.25, -0.2) is 0 Å². The molecule has 1 amide bonds. The Kier molecular flexibility index (Phi) is 4.87. The van der Waals surface area contributed by atoms with Crippen molar-refractivity contribution >= 4 is 11.6 Å². The van der Waals surface area contributed by atoms with E-state index in [1.165, 1.54) is 6.07 Å². The van der Waals surface area contributed by atoms with Crippen molar-refractivity contribution in [2.45, 2.75) is 19.6 Å². The molecule has 0 radical (unpaired) electrons. The molecule has 0 saturated carbocycles. The highest BCUT2D eigenvalue weighted by molar-refractivity contribution is 5.80. The number of nitrogens with one attached hydrogen (secondary N) is 1. The number of morpholine rings is 1. The third-order valence-electron chi connectivity index (χ3n) is 3.70. The summed E-state index contributed by atoms with van der Waals surface area (Å²) in [6, 6.07) is 5.08. The van der Waals surface area contributed by atoms with Crippen LogP contribution in [0.25, 0.3) is 0 Å². The molecule has 21 heavy (non-hydrogen) atoms. The molecule has 1 aromatic carbocycles. The molecule has 2 rings (SSSR count). The molecule has 0 aromatic heterocycles. The van der Waals surface area contributed by atoms with Crippen LogP contribution in [0.1, 0.15) is 11.1 Å². The third kappa shape index (κ3) is 3.56. The highest BCUT2D eigenvalue weighted by atomic mass is 16.6. The van der Waals surface area contributed by atoms with E-state index in [-0.39, 0.29) is 16.5 Å².